The number of aryl methyl sites for hydroxylation is 1. The minimum Gasteiger partial charge on any atom is -0.469 e. The number of nitrogens with zero attached hydrogens (tertiary/aromatic N) is 4. The van der Waals surface area contributed by atoms with E-state index in [-0.39, 0.29) is 17.4 Å². The van der Waals surface area contributed by atoms with E-state index in [1.807, 2.05) is 35.8 Å². The standard InChI is InChI=1S/C26H33ClN4O3SSi/c1-15-20(14-34-36(7,8)26(3,4)5)35-25-22(15)23(17-9-11-18(27)12-10-17)28-19(13-21(32)33-6)24-30-29-16(2)31(24)25/h9-12,19H,13-14H2,1-8H3/t19-/m0/s1. The second kappa shape index (κ2) is 9.85. The summed E-state index contributed by atoms with van der Waals surface area (Å²) in [7, 11) is -0.562. The third kappa shape index (κ3) is 4.94. The van der Waals surface area contributed by atoms with E-state index < -0.39 is 14.4 Å². The smallest absolute Gasteiger partial charge is 0.308 e. The van der Waals surface area contributed by atoms with Crippen molar-refractivity contribution in [1.82, 2.24) is 14.8 Å². The van der Waals surface area contributed by atoms with E-state index in [9.17, 15) is 4.79 Å². The van der Waals surface area contributed by atoms with Crippen molar-refractivity contribution < 1.29 is 14.0 Å². The van der Waals surface area contributed by atoms with Gasteiger partial charge in [0.05, 0.1) is 25.8 Å². The predicted octanol–water partition coefficient (Wildman–Crippen LogP) is 6.58. The van der Waals surface area contributed by atoms with Gasteiger partial charge in [0.1, 0.15) is 16.9 Å². The largest absolute Gasteiger partial charge is 0.469 e. The quantitative estimate of drug-likeness (QED) is 0.259. The van der Waals surface area contributed by atoms with Crippen molar-refractivity contribution in [3.05, 3.63) is 62.5 Å². The molecule has 10 heteroatoms. The summed E-state index contributed by atoms with van der Waals surface area (Å²) in [6.07, 6.45) is 0.0705. The molecule has 3 heterocycles. The highest BCUT2D eigenvalue weighted by molar-refractivity contribution is 7.15. The number of hydrogen-bond donors (Lipinski definition) is 0. The lowest BCUT2D eigenvalue weighted by atomic mass is 9.99. The second-order valence-corrected chi connectivity index (χ2v) is 16.9. The molecule has 0 radical (unpaired) electrons. The van der Waals surface area contributed by atoms with Gasteiger partial charge in [-0.2, -0.15) is 0 Å². The molecule has 1 aromatic carbocycles. The molecule has 0 unspecified atom stereocenters. The average molecular weight is 545 g/mol. The average Bonchev–Trinajstić information content (AvgIpc) is 3.30. The summed E-state index contributed by atoms with van der Waals surface area (Å²) >= 11 is 7.87. The number of esters is 1. The molecule has 0 saturated carbocycles. The first-order chi connectivity index (χ1) is 16.8. The van der Waals surface area contributed by atoms with Crippen LogP contribution in [0.25, 0.3) is 5.00 Å². The van der Waals surface area contributed by atoms with Gasteiger partial charge in [0.25, 0.3) is 0 Å². The zero-order chi connectivity index (χ0) is 26.4. The van der Waals surface area contributed by atoms with E-state index in [0.717, 1.165) is 38.1 Å². The monoisotopic (exact) mass is 544 g/mol. The Morgan fingerprint density at radius 2 is 1.83 bits per heavy atom. The number of ether oxygens (including phenoxy) is 1. The van der Waals surface area contributed by atoms with Crippen molar-refractivity contribution in [3.8, 4) is 5.00 Å². The Balaban J connectivity index is 1.90. The zero-order valence-electron chi connectivity index (χ0n) is 22.1. The van der Waals surface area contributed by atoms with Gasteiger partial charge < -0.3 is 9.16 Å². The maximum Gasteiger partial charge on any atom is 0.308 e. The molecule has 36 heavy (non-hydrogen) atoms. The summed E-state index contributed by atoms with van der Waals surface area (Å²) in [6, 6.07) is 7.10. The molecular formula is C26H33ClN4O3SSi. The summed E-state index contributed by atoms with van der Waals surface area (Å²) in [6.45, 7) is 15.8. The molecular weight excluding hydrogens is 512 g/mol. The van der Waals surface area contributed by atoms with Crippen LogP contribution in [0.1, 0.15) is 66.5 Å². The summed E-state index contributed by atoms with van der Waals surface area (Å²) in [5, 5.41) is 10.5. The van der Waals surface area contributed by atoms with Crippen LogP contribution < -0.4 is 0 Å². The third-order valence-electron chi connectivity index (χ3n) is 7.18. The van der Waals surface area contributed by atoms with Crippen LogP contribution in [-0.4, -0.2) is 41.9 Å². The Labute approximate surface area is 222 Å². The minimum atomic E-state index is -1.94. The lowest BCUT2D eigenvalue weighted by Crippen LogP contribution is -2.40. The first-order valence-corrected chi connectivity index (χ1v) is 16.0. The van der Waals surface area contributed by atoms with E-state index in [1.54, 1.807) is 11.3 Å². The molecule has 7 nitrogen and oxygen atoms in total. The summed E-state index contributed by atoms with van der Waals surface area (Å²) in [5.41, 5.74) is 3.84. The molecule has 3 aromatic rings. The molecule has 2 aromatic heterocycles. The maximum atomic E-state index is 12.3. The minimum absolute atomic E-state index is 0.0705. The normalized spacial score (nSPS) is 15.7. The summed E-state index contributed by atoms with van der Waals surface area (Å²) < 4.78 is 13.6. The van der Waals surface area contributed by atoms with Crippen LogP contribution in [0, 0.1) is 13.8 Å². The lowest BCUT2D eigenvalue weighted by molar-refractivity contribution is -0.141. The highest BCUT2D eigenvalue weighted by atomic mass is 35.5. The van der Waals surface area contributed by atoms with Gasteiger partial charge in [0.2, 0.25) is 0 Å². The molecule has 192 valence electrons. The van der Waals surface area contributed by atoms with Crippen LogP contribution in [0.3, 0.4) is 0 Å². The SMILES string of the molecule is COC(=O)C[C@@H]1N=C(c2ccc(Cl)cc2)c2c(sc(CO[Si](C)(C)C(C)(C)C)c2C)-n2c(C)nnc21. The van der Waals surface area contributed by atoms with Gasteiger partial charge in [-0.15, -0.1) is 21.5 Å². The van der Waals surface area contributed by atoms with E-state index in [4.69, 9.17) is 25.8 Å². The molecule has 1 aliphatic heterocycles. The summed E-state index contributed by atoms with van der Waals surface area (Å²) in [5.74, 6) is 1.02. The molecule has 1 aliphatic rings. The van der Waals surface area contributed by atoms with E-state index in [2.05, 4.69) is 51.0 Å². The fraction of sp³-hybridized carbons (Fsp3) is 0.462. The number of carbonyl (C=O) groups excluding carboxylic acids is 1. The Bertz CT molecular complexity index is 1320. The topological polar surface area (TPSA) is 78.6 Å². The number of carbonyl (C=O) groups is 1. The van der Waals surface area contributed by atoms with Crippen LogP contribution in [0.15, 0.2) is 29.3 Å². The van der Waals surface area contributed by atoms with Crippen molar-refractivity contribution in [2.75, 3.05) is 7.11 Å². The van der Waals surface area contributed by atoms with Gasteiger partial charge in [0.15, 0.2) is 14.1 Å². The van der Waals surface area contributed by atoms with Crippen LogP contribution in [0.5, 0.6) is 0 Å². The molecule has 0 spiro atoms. The number of aromatic nitrogens is 3. The number of hydrogen-bond acceptors (Lipinski definition) is 7. The molecule has 0 fully saturated rings. The second-order valence-electron chi connectivity index (χ2n) is 10.6. The maximum absolute atomic E-state index is 12.3. The predicted molar refractivity (Wildman–Crippen MR) is 147 cm³/mol. The van der Waals surface area contributed by atoms with Gasteiger partial charge in [-0.05, 0) is 49.7 Å². The van der Waals surface area contributed by atoms with Crippen molar-refractivity contribution >= 4 is 42.9 Å². The lowest BCUT2D eigenvalue weighted by Gasteiger charge is -2.36. The van der Waals surface area contributed by atoms with Crippen LogP contribution in [-0.2, 0) is 20.6 Å². The number of benzene rings is 1. The molecule has 0 amide bonds. The Morgan fingerprint density at radius 3 is 2.44 bits per heavy atom. The first kappa shape index (κ1) is 26.7. The van der Waals surface area contributed by atoms with Gasteiger partial charge in [-0.25, -0.2) is 0 Å². The van der Waals surface area contributed by atoms with Gasteiger partial charge in [-0.1, -0.05) is 44.5 Å². The number of thiophene rings is 1. The molecule has 0 bridgehead atoms. The van der Waals surface area contributed by atoms with E-state index in [0.29, 0.717) is 17.5 Å². The third-order valence-corrected chi connectivity index (χ3v) is 13.2. The van der Waals surface area contributed by atoms with E-state index >= 15 is 0 Å². The van der Waals surface area contributed by atoms with Crippen molar-refractivity contribution in [3.63, 3.8) is 0 Å². The number of aliphatic imine (C=N–C) groups is 1. The van der Waals surface area contributed by atoms with Crippen LogP contribution in [0.4, 0.5) is 0 Å². The Kier molecular flexibility index (Phi) is 7.31. The van der Waals surface area contributed by atoms with Crippen molar-refractivity contribution in [1.29, 1.82) is 0 Å². The van der Waals surface area contributed by atoms with Crippen molar-refractivity contribution in [2.45, 2.75) is 71.8 Å². The molecule has 4 rings (SSSR count). The van der Waals surface area contributed by atoms with Gasteiger partial charge in [-0.3, -0.25) is 14.4 Å². The Morgan fingerprint density at radius 1 is 1.17 bits per heavy atom. The van der Waals surface area contributed by atoms with Gasteiger partial charge in [0, 0.05) is 21.0 Å². The molecule has 0 aliphatic carbocycles. The van der Waals surface area contributed by atoms with Gasteiger partial charge >= 0.3 is 5.97 Å². The number of fused-ring (bicyclic) bond motifs is 3. The number of rotatable bonds is 6. The van der Waals surface area contributed by atoms with E-state index in [1.165, 1.54) is 7.11 Å². The fourth-order valence-electron chi connectivity index (χ4n) is 3.91. The van der Waals surface area contributed by atoms with Crippen LogP contribution >= 0.6 is 22.9 Å². The molecule has 1 atom stereocenters. The highest BCUT2D eigenvalue weighted by Gasteiger charge is 2.38. The molecule has 0 N–H and O–H groups in total. The zero-order valence-corrected chi connectivity index (χ0v) is 24.7. The van der Waals surface area contributed by atoms with Crippen LogP contribution in [0.2, 0.25) is 23.2 Å². The van der Waals surface area contributed by atoms with Crippen molar-refractivity contribution in [2.24, 2.45) is 4.99 Å². The molecule has 0 saturated heterocycles. The first-order valence-electron chi connectivity index (χ1n) is 11.9. The summed E-state index contributed by atoms with van der Waals surface area (Å²) in [4.78, 5) is 18.6. The Hall–Kier alpha value is -2.33. The highest BCUT2D eigenvalue weighted by Crippen LogP contribution is 2.42. The number of halogens is 1. The fourth-order valence-corrected chi connectivity index (χ4v) is 6.35. The number of methoxy groups -OCH3 is 1.